The molecule has 2 N–H and O–H groups in total. The zero-order valence-corrected chi connectivity index (χ0v) is 16.9. The van der Waals surface area contributed by atoms with Crippen molar-refractivity contribution in [3.63, 3.8) is 0 Å². The Bertz CT molecular complexity index is 1230. The minimum absolute atomic E-state index is 0.131. The van der Waals surface area contributed by atoms with Crippen LogP contribution in [0.5, 0.6) is 0 Å². The molecular weight excluding hydrogens is 401 g/mol. The van der Waals surface area contributed by atoms with E-state index in [1.165, 1.54) is 29.8 Å². The van der Waals surface area contributed by atoms with Crippen molar-refractivity contribution in [2.75, 3.05) is 5.32 Å². The predicted octanol–water partition coefficient (Wildman–Crippen LogP) is 5.32. The molecule has 0 aliphatic carbocycles. The molecule has 1 aromatic heterocycles. The first-order valence-electron chi connectivity index (χ1n) is 9.39. The lowest BCUT2D eigenvalue weighted by Crippen LogP contribution is -2.34. The molecule has 0 aliphatic rings. The Hall–Kier alpha value is -3.58. The lowest BCUT2D eigenvalue weighted by molar-refractivity contribution is 0.0977. The Morgan fingerprint density at radius 1 is 1.10 bits per heavy atom. The highest BCUT2D eigenvalue weighted by Crippen LogP contribution is 2.27. The highest BCUT2D eigenvalue weighted by Gasteiger charge is 2.11. The van der Waals surface area contributed by atoms with E-state index in [4.69, 9.17) is 16.6 Å². The third kappa shape index (κ3) is 4.36. The minimum Gasteiger partial charge on any atom is -0.436 e. The van der Waals surface area contributed by atoms with Gasteiger partial charge in [-0.2, -0.15) is 0 Å². The van der Waals surface area contributed by atoms with E-state index in [2.05, 4.69) is 22.5 Å². The number of carbonyl (C=O) groups is 1. The van der Waals surface area contributed by atoms with Crippen molar-refractivity contribution >= 4 is 40.0 Å². The third-order valence-corrected chi connectivity index (χ3v) is 4.77. The van der Waals surface area contributed by atoms with Crippen molar-refractivity contribution < 1.29 is 13.6 Å². The van der Waals surface area contributed by atoms with E-state index in [9.17, 15) is 9.18 Å². The number of hydrogen-bond acceptors (Lipinski definition) is 4. The first-order chi connectivity index (χ1) is 14.5. The molecule has 0 atom stereocenters. The average molecular weight is 419 g/mol. The molecule has 5 nitrogen and oxygen atoms in total. The Labute approximate surface area is 177 Å². The molecular formula is C23H18FN3O2S. The van der Waals surface area contributed by atoms with E-state index < -0.39 is 11.7 Å². The Morgan fingerprint density at radius 2 is 1.90 bits per heavy atom. The fraction of sp³-hybridized carbons (Fsp3) is 0.0870. The van der Waals surface area contributed by atoms with Crippen LogP contribution < -0.4 is 10.6 Å². The monoisotopic (exact) mass is 419 g/mol. The summed E-state index contributed by atoms with van der Waals surface area (Å²) in [4.78, 5) is 16.8. The molecule has 3 aromatic carbocycles. The van der Waals surface area contributed by atoms with E-state index in [1.807, 2.05) is 42.5 Å². The Morgan fingerprint density at radius 3 is 2.67 bits per heavy atom. The Balaban J connectivity index is 1.48. The highest BCUT2D eigenvalue weighted by molar-refractivity contribution is 7.80. The van der Waals surface area contributed by atoms with Crippen molar-refractivity contribution in [3.05, 3.63) is 83.7 Å². The summed E-state index contributed by atoms with van der Waals surface area (Å²) >= 11 is 5.22. The van der Waals surface area contributed by atoms with Gasteiger partial charge in [0.2, 0.25) is 5.89 Å². The van der Waals surface area contributed by atoms with Crippen molar-refractivity contribution in [1.82, 2.24) is 10.3 Å². The molecule has 7 heteroatoms. The van der Waals surface area contributed by atoms with Crippen LogP contribution in [0.4, 0.5) is 10.1 Å². The first kappa shape index (κ1) is 19.7. The first-order valence-corrected chi connectivity index (χ1v) is 9.80. The molecule has 0 unspecified atom stereocenters. The maximum atomic E-state index is 13.0. The molecule has 0 bridgehead atoms. The molecule has 30 heavy (non-hydrogen) atoms. The van der Waals surface area contributed by atoms with Crippen molar-refractivity contribution in [2.45, 2.75) is 13.3 Å². The molecule has 0 saturated heterocycles. The van der Waals surface area contributed by atoms with Gasteiger partial charge >= 0.3 is 0 Å². The van der Waals surface area contributed by atoms with E-state index in [1.54, 1.807) is 0 Å². The predicted molar refractivity (Wildman–Crippen MR) is 119 cm³/mol. The fourth-order valence-electron chi connectivity index (χ4n) is 2.99. The van der Waals surface area contributed by atoms with Crippen LogP contribution >= 0.6 is 12.2 Å². The molecule has 150 valence electrons. The number of oxazole rings is 1. The number of carbonyl (C=O) groups excluding carboxylic acids is 1. The number of hydrogen-bond donors (Lipinski definition) is 2. The van der Waals surface area contributed by atoms with Crippen molar-refractivity contribution in [1.29, 1.82) is 0 Å². The standard InChI is InChI=1S/C23H18FN3O2S/c1-2-14-6-11-20-19(12-14)26-22(29-20)16-4-3-5-18(13-16)25-23(30)27-21(28)15-7-9-17(24)10-8-15/h3-13H,2H2,1H3,(H2,25,27,28,30). The summed E-state index contributed by atoms with van der Waals surface area (Å²) in [5, 5.41) is 5.68. The number of aryl methyl sites for hydroxylation is 1. The van der Waals surface area contributed by atoms with Gasteiger partial charge in [0.15, 0.2) is 10.7 Å². The second kappa shape index (κ2) is 8.42. The van der Waals surface area contributed by atoms with Crippen LogP contribution in [0.1, 0.15) is 22.8 Å². The number of anilines is 1. The zero-order valence-electron chi connectivity index (χ0n) is 16.1. The summed E-state index contributed by atoms with van der Waals surface area (Å²) in [5.74, 6) is -0.327. The molecule has 1 heterocycles. The van der Waals surface area contributed by atoms with E-state index in [0.717, 1.165) is 23.1 Å². The second-order valence-electron chi connectivity index (χ2n) is 6.67. The van der Waals surface area contributed by atoms with Crippen LogP contribution in [-0.4, -0.2) is 16.0 Å². The third-order valence-electron chi connectivity index (χ3n) is 4.56. The van der Waals surface area contributed by atoms with Gasteiger partial charge in [-0.3, -0.25) is 10.1 Å². The number of rotatable bonds is 4. The maximum absolute atomic E-state index is 13.0. The largest absolute Gasteiger partial charge is 0.436 e. The quantitative estimate of drug-likeness (QED) is 0.438. The minimum atomic E-state index is -0.422. The molecule has 1 amide bonds. The summed E-state index contributed by atoms with van der Waals surface area (Å²) in [6, 6.07) is 18.6. The Kier molecular flexibility index (Phi) is 5.54. The lowest BCUT2D eigenvalue weighted by atomic mass is 10.1. The molecule has 0 fully saturated rings. The van der Waals surface area contributed by atoms with Crippen LogP contribution in [0.25, 0.3) is 22.6 Å². The van der Waals surface area contributed by atoms with Crippen molar-refractivity contribution in [3.8, 4) is 11.5 Å². The number of benzene rings is 3. The maximum Gasteiger partial charge on any atom is 0.257 e. The fourth-order valence-corrected chi connectivity index (χ4v) is 3.20. The van der Waals surface area contributed by atoms with E-state index >= 15 is 0 Å². The van der Waals surface area contributed by atoms with E-state index in [0.29, 0.717) is 17.1 Å². The number of nitrogens with zero attached hydrogens (tertiary/aromatic N) is 1. The molecule has 0 saturated carbocycles. The van der Waals surface area contributed by atoms with Crippen LogP contribution in [0, 0.1) is 5.82 Å². The smallest absolute Gasteiger partial charge is 0.257 e. The number of amides is 1. The van der Waals surface area contributed by atoms with E-state index in [-0.39, 0.29) is 5.11 Å². The average Bonchev–Trinajstić information content (AvgIpc) is 3.17. The SMILES string of the molecule is CCc1ccc2oc(-c3cccc(NC(=S)NC(=O)c4ccc(F)cc4)c3)nc2c1. The molecule has 0 aliphatic heterocycles. The van der Waals surface area contributed by atoms with Gasteiger partial charge in [0.1, 0.15) is 11.3 Å². The summed E-state index contributed by atoms with van der Waals surface area (Å²) in [7, 11) is 0. The zero-order chi connectivity index (χ0) is 21.1. The number of halogens is 1. The number of thiocarbonyl (C=S) groups is 1. The van der Waals surface area contributed by atoms with Crippen LogP contribution in [0.2, 0.25) is 0 Å². The van der Waals surface area contributed by atoms with Gasteiger partial charge in [0, 0.05) is 16.8 Å². The topological polar surface area (TPSA) is 67.2 Å². The van der Waals surface area contributed by atoms with Crippen LogP contribution in [0.15, 0.2) is 71.1 Å². The van der Waals surface area contributed by atoms with Gasteiger partial charge < -0.3 is 9.73 Å². The number of aromatic nitrogens is 1. The van der Waals surface area contributed by atoms with Gasteiger partial charge in [-0.25, -0.2) is 9.37 Å². The summed E-state index contributed by atoms with van der Waals surface area (Å²) in [6.07, 6.45) is 0.929. The molecule has 0 spiro atoms. The summed E-state index contributed by atoms with van der Waals surface area (Å²) in [5.41, 5.74) is 4.50. The second-order valence-corrected chi connectivity index (χ2v) is 7.08. The van der Waals surface area contributed by atoms with Crippen LogP contribution in [0.3, 0.4) is 0 Å². The van der Waals surface area contributed by atoms with Crippen LogP contribution in [-0.2, 0) is 6.42 Å². The highest BCUT2D eigenvalue weighted by atomic mass is 32.1. The van der Waals surface area contributed by atoms with Gasteiger partial charge in [0.25, 0.3) is 5.91 Å². The van der Waals surface area contributed by atoms with Gasteiger partial charge in [-0.15, -0.1) is 0 Å². The molecule has 4 aromatic rings. The van der Waals surface area contributed by atoms with Crippen molar-refractivity contribution in [2.24, 2.45) is 0 Å². The number of fused-ring (bicyclic) bond motifs is 1. The van der Waals surface area contributed by atoms with Gasteiger partial charge in [-0.05, 0) is 78.8 Å². The van der Waals surface area contributed by atoms with Gasteiger partial charge in [-0.1, -0.05) is 19.1 Å². The summed E-state index contributed by atoms with van der Waals surface area (Å²) in [6.45, 7) is 2.09. The van der Waals surface area contributed by atoms with Gasteiger partial charge in [0.05, 0.1) is 0 Å². The lowest BCUT2D eigenvalue weighted by Gasteiger charge is -2.10. The molecule has 0 radical (unpaired) electrons. The number of nitrogens with one attached hydrogen (secondary N) is 2. The summed E-state index contributed by atoms with van der Waals surface area (Å²) < 4.78 is 18.9. The normalized spacial score (nSPS) is 10.7. The molecule has 4 rings (SSSR count).